The van der Waals surface area contributed by atoms with Gasteiger partial charge in [0.05, 0.1) is 5.69 Å². The summed E-state index contributed by atoms with van der Waals surface area (Å²) in [7, 11) is 0. The van der Waals surface area contributed by atoms with Gasteiger partial charge in [0.2, 0.25) is 11.8 Å². The topological polar surface area (TPSA) is 67.4 Å². The molecule has 2 atom stereocenters. The number of nitrogens with one attached hydrogen (secondary N) is 2. The molecule has 31 heavy (non-hydrogen) atoms. The molecule has 0 spiro atoms. The van der Waals surface area contributed by atoms with E-state index in [1.807, 2.05) is 0 Å². The predicted molar refractivity (Wildman–Crippen MR) is 92.2 cm³/mol. The molecule has 0 saturated carbocycles. The van der Waals surface area contributed by atoms with E-state index in [2.05, 4.69) is 15.4 Å². The average molecular weight is 450 g/mol. The molecule has 1 heterocycles. The Labute approximate surface area is 170 Å². The number of rotatable bonds is 6. The highest BCUT2D eigenvalue weighted by Crippen LogP contribution is 2.35. The number of amides is 2. The summed E-state index contributed by atoms with van der Waals surface area (Å²) in [6.07, 6.45) is -9.20. The number of carbonyl (C=O) groups excluding carboxylic acids is 2. The predicted octanol–water partition coefficient (Wildman–Crippen LogP) is 3.81. The van der Waals surface area contributed by atoms with Gasteiger partial charge in [0.15, 0.2) is 11.6 Å². The Balaban J connectivity index is 1.87. The molecule has 0 radical (unpaired) electrons. The zero-order valence-corrected chi connectivity index (χ0v) is 15.3. The Kier molecular flexibility index (Phi) is 6.09. The van der Waals surface area contributed by atoms with Gasteiger partial charge in [-0.2, -0.15) is 17.6 Å². The molecule has 1 aliphatic rings. The Morgan fingerprint density at radius 2 is 1.81 bits per heavy atom. The lowest BCUT2D eigenvalue weighted by molar-refractivity contribution is -0.254. The number of hydrogen-bond donors (Lipinski definition) is 2. The molecule has 5 nitrogen and oxygen atoms in total. The minimum absolute atomic E-state index is 0.0421. The number of halogens is 7. The molecule has 2 aromatic rings. The minimum Gasteiger partial charge on any atom is -0.425 e. The number of hydrogen-bond acceptors (Lipinski definition) is 3. The second kappa shape index (κ2) is 8.44. The Hall–Kier alpha value is -3.31. The maximum absolute atomic E-state index is 13.8. The van der Waals surface area contributed by atoms with Crippen molar-refractivity contribution >= 4 is 17.5 Å². The largest absolute Gasteiger partial charge is 0.461 e. The third-order valence-electron chi connectivity index (χ3n) is 4.54. The van der Waals surface area contributed by atoms with E-state index in [0.717, 1.165) is 18.2 Å². The van der Waals surface area contributed by atoms with Gasteiger partial charge in [0.1, 0.15) is 17.6 Å². The Morgan fingerprint density at radius 1 is 1.10 bits per heavy atom. The lowest BCUT2D eigenvalue weighted by Gasteiger charge is -2.20. The molecule has 166 valence electrons. The van der Waals surface area contributed by atoms with Gasteiger partial charge < -0.3 is 15.4 Å². The molecule has 0 bridgehead atoms. The van der Waals surface area contributed by atoms with Gasteiger partial charge in [-0.3, -0.25) is 9.59 Å². The summed E-state index contributed by atoms with van der Waals surface area (Å²) in [5.74, 6) is -8.91. The molecule has 0 unspecified atom stereocenters. The smallest absolute Gasteiger partial charge is 0.425 e. The van der Waals surface area contributed by atoms with Crippen molar-refractivity contribution in [3.8, 4) is 5.75 Å². The summed E-state index contributed by atoms with van der Waals surface area (Å²) >= 11 is 0. The van der Waals surface area contributed by atoms with Crippen LogP contribution in [0.1, 0.15) is 11.5 Å². The summed E-state index contributed by atoms with van der Waals surface area (Å²) < 4.78 is 95.4. The van der Waals surface area contributed by atoms with Crippen LogP contribution >= 0.6 is 0 Å². The maximum atomic E-state index is 13.8. The van der Waals surface area contributed by atoms with Crippen LogP contribution in [0.15, 0.2) is 36.4 Å². The normalized spacial score (nSPS) is 18.8. The SMILES string of the molecule is O=C1NC[C@H](c2ccc(F)c(OC(F)(F)C(F)F)c2)[C@H]1C(=O)Nc1ccc(F)cc1F. The molecule has 2 aromatic carbocycles. The van der Waals surface area contributed by atoms with E-state index in [0.29, 0.717) is 18.2 Å². The number of alkyl halides is 4. The van der Waals surface area contributed by atoms with E-state index in [-0.39, 0.29) is 12.1 Å². The van der Waals surface area contributed by atoms with Crippen LogP contribution in [0.3, 0.4) is 0 Å². The maximum Gasteiger partial charge on any atom is 0.461 e. The first kappa shape index (κ1) is 22.4. The van der Waals surface area contributed by atoms with Crippen molar-refractivity contribution in [2.45, 2.75) is 18.5 Å². The van der Waals surface area contributed by atoms with Crippen molar-refractivity contribution in [2.75, 3.05) is 11.9 Å². The minimum atomic E-state index is -4.97. The monoisotopic (exact) mass is 450 g/mol. The fourth-order valence-corrected chi connectivity index (χ4v) is 3.05. The first-order valence-corrected chi connectivity index (χ1v) is 8.67. The lowest BCUT2D eigenvalue weighted by atomic mass is 9.87. The molecule has 1 saturated heterocycles. The molecule has 3 rings (SSSR count). The van der Waals surface area contributed by atoms with Gasteiger partial charge in [0, 0.05) is 18.5 Å². The number of carbonyl (C=O) groups is 2. The summed E-state index contributed by atoms with van der Waals surface area (Å²) in [4.78, 5) is 24.7. The van der Waals surface area contributed by atoms with Crippen molar-refractivity contribution in [1.29, 1.82) is 0 Å². The molecule has 1 aliphatic heterocycles. The lowest BCUT2D eigenvalue weighted by Crippen LogP contribution is -2.34. The van der Waals surface area contributed by atoms with Crippen molar-refractivity contribution in [3.05, 3.63) is 59.4 Å². The van der Waals surface area contributed by atoms with Crippen molar-refractivity contribution < 1.29 is 45.1 Å². The first-order chi connectivity index (χ1) is 14.5. The fraction of sp³-hybridized carbons (Fsp3) is 0.263. The zero-order chi connectivity index (χ0) is 22.9. The third-order valence-corrected chi connectivity index (χ3v) is 4.54. The van der Waals surface area contributed by atoms with Gasteiger partial charge in [-0.05, 0) is 29.8 Å². The Bertz CT molecular complexity index is 1020. The highest BCUT2D eigenvalue weighted by atomic mass is 19.3. The second-order valence-corrected chi connectivity index (χ2v) is 6.60. The van der Waals surface area contributed by atoms with E-state index in [9.17, 15) is 40.3 Å². The number of ether oxygens (including phenoxy) is 1. The summed E-state index contributed by atoms with van der Waals surface area (Å²) in [5.41, 5.74) is -0.455. The van der Waals surface area contributed by atoms with Crippen LogP contribution in [-0.4, -0.2) is 30.9 Å². The van der Waals surface area contributed by atoms with Crippen LogP contribution in [-0.2, 0) is 9.59 Å². The standard InChI is InChI=1S/C19H13F7N2O3/c20-9-2-4-13(12(22)6-9)28-17(30)15-10(7-27-16(15)29)8-1-3-11(21)14(5-8)31-19(25,26)18(23)24/h1-6,10,15,18H,7H2,(H,27,29)(H,28,30)/t10-,15-/m1/s1. The molecule has 1 fully saturated rings. The molecular formula is C19H13F7N2O3. The molecule has 2 amide bonds. The van der Waals surface area contributed by atoms with Crippen LogP contribution in [0, 0.1) is 23.4 Å². The van der Waals surface area contributed by atoms with Crippen molar-refractivity contribution in [2.24, 2.45) is 5.92 Å². The van der Waals surface area contributed by atoms with Crippen molar-refractivity contribution in [1.82, 2.24) is 5.32 Å². The second-order valence-electron chi connectivity index (χ2n) is 6.60. The van der Waals surface area contributed by atoms with Crippen LogP contribution in [0.2, 0.25) is 0 Å². The first-order valence-electron chi connectivity index (χ1n) is 8.67. The third kappa shape index (κ3) is 4.72. The number of anilines is 1. The quantitative estimate of drug-likeness (QED) is 0.520. The van der Waals surface area contributed by atoms with Gasteiger partial charge in [-0.25, -0.2) is 13.2 Å². The fourth-order valence-electron chi connectivity index (χ4n) is 3.05. The van der Waals surface area contributed by atoms with Crippen LogP contribution in [0.4, 0.5) is 36.4 Å². The average Bonchev–Trinajstić information content (AvgIpc) is 3.07. The van der Waals surface area contributed by atoms with E-state index in [1.165, 1.54) is 0 Å². The van der Waals surface area contributed by atoms with E-state index in [1.54, 1.807) is 0 Å². The molecule has 12 heteroatoms. The Morgan fingerprint density at radius 3 is 2.45 bits per heavy atom. The molecule has 0 aromatic heterocycles. The molecule has 0 aliphatic carbocycles. The summed E-state index contributed by atoms with van der Waals surface area (Å²) in [6, 6.07) is 4.71. The van der Waals surface area contributed by atoms with E-state index < -0.39 is 65.1 Å². The molecule has 2 N–H and O–H groups in total. The van der Waals surface area contributed by atoms with Crippen LogP contribution in [0.25, 0.3) is 0 Å². The zero-order valence-electron chi connectivity index (χ0n) is 15.3. The van der Waals surface area contributed by atoms with E-state index >= 15 is 0 Å². The highest BCUT2D eigenvalue weighted by molar-refractivity contribution is 6.08. The summed E-state index contributed by atoms with van der Waals surface area (Å²) in [5, 5.41) is 4.48. The van der Waals surface area contributed by atoms with Gasteiger partial charge in [0.25, 0.3) is 0 Å². The van der Waals surface area contributed by atoms with Crippen LogP contribution < -0.4 is 15.4 Å². The van der Waals surface area contributed by atoms with Crippen LogP contribution in [0.5, 0.6) is 5.75 Å². The molecular weight excluding hydrogens is 437 g/mol. The van der Waals surface area contributed by atoms with Gasteiger partial charge in [-0.15, -0.1) is 0 Å². The van der Waals surface area contributed by atoms with Gasteiger partial charge in [-0.1, -0.05) is 6.07 Å². The highest BCUT2D eigenvalue weighted by Gasteiger charge is 2.45. The van der Waals surface area contributed by atoms with Gasteiger partial charge >= 0.3 is 12.5 Å². The van der Waals surface area contributed by atoms with E-state index in [4.69, 9.17) is 0 Å². The van der Waals surface area contributed by atoms with Crippen molar-refractivity contribution in [3.63, 3.8) is 0 Å². The number of benzene rings is 2. The summed E-state index contributed by atoms with van der Waals surface area (Å²) in [6.45, 7) is -0.181.